The van der Waals surface area contributed by atoms with Crippen LogP contribution in [0.4, 0.5) is 4.39 Å². The van der Waals surface area contributed by atoms with Crippen molar-refractivity contribution < 1.29 is 9.13 Å². The maximum Gasteiger partial charge on any atom is 0.114 e. The van der Waals surface area contributed by atoms with Gasteiger partial charge in [-0.25, -0.2) is 4.39 Å². The standard InChI is InChI=1S/C7H12FNO/c8-6-1-2-9(3-6)7-4-10-5-7/h6-7H,1-5H2. The third-order valence-electron chi connectivity index (χ3n) is 2.30. The molecule has 1 atom stereocenters. The molecule has 0 amide bonds. The molecule has 2 nitrogen and oxygen atoms in total. The SMILES string of the molecule is FC1CCN(C2COC2)C1. The lowest BCUT2D eigenvalue weighted by Gasteiger charge is -2.34. The minimum Gasteiger partial charge on any atom is -0.378 e. The maximum absolute atomic E-state index is 12.6. The maximum atomic E-state index is 12.6. The van der Waals surface area contributed by atoms with Crippen molar-refractivity contribution in [1.82, 2.24) is 4.90 Å². The normalized spacial score (nSPS) is 36.3. The average molecular weight is 145 g/mol. The van der Waals surface area contributed by atoms with Crippen molar-refractivity contribution >= 4 is 0 Å². The van der Waals surface area contributed by atoms with Crippen molar-refractivity contribution in [1.29, 1.82) is 0 Å². The van der Waals surface area contributed by atoms with Crippen molar-refractivity contribution in [2.75, 3.05) is 26.3 Å². The fourth-order valence-corrected chi connectivity index (χ4v) is 1.51. The molecular weight excluding hydrogens is 133 g/mol. The lowest BCUT2D eigenvalue weighted by molar-refractivity contribution is -0.0584. The van der Waals surface area contributed by atoms with Crippen LogP contribution in [0.5, 0.6) is 0 Å². The second-order valence-corrected chi connectivity index (χ2v) is 3.07. The van der Waals surface area contributed by atoms with Crippen molar-refractivity contribution in [3.05, 3.63) is 0 Å². The number of rotatable bonds is 1. The Hall–Kier alpha value is -0.150. The van der Waals surface area contributed by atoms with E-state index in [0.29, 0.717) is 12.6 Å². The second kappa shape index (κ2) is 2.47. The molecule has 0 N–H and O–H groups in total. The van der Waals surface area contributed by atoms with E-state index >= 15 is 0 Å². The summed E-state index contributed by atoms with van der Waals surface area (Å²) in [6.07, 6.45) is 0.136. The predicted octanol–water partition coefficient (Wildman–Crippen LogP) is 0.429. The van der Waals surface area contributed by atoms with Crippen LogP contribution < -0.4 is 0 Å². The summed E-state index contributed by atoms with van der Waals surface area (Å²) in [5.74, 6) is 0. The van der Waals surface area contributed by atoms with Crippen LogP contribution in [0.15, 0.2) is 0 Å². The Labute approximate surface area is 60.0 Å². The zero-order valence-corrected chi connectivity index (χ0v) is 5.92. The highest BCUT2D eigenvalue weighted by molar-refractivity contribution is 4.84. The van der Waals surface area contributed by atoms with Gasteiger partial charge in [0.15, 0.2) is 0 Å². The third-order valence-corrected chi connectivity index (χ3v) is 2.30. The van der Waals surface area contributed by atoms with E-state index in [0.717, 1.165) is 26.2 Å². The molecule has 0 radical (unpaired) electrons. The Kier molecular flexibility index (Phi) is 1.62. The average Bonchev–Trinajstić information content (AvgIpc) is 2.10. The highest BCUT2D eigenvalue weighted by Crippen LogP contribution is 2.19. The van der Waals surface area contributed by atoms with E-state index in [-0.39, 0.29) is 0 Å². The van der Waals surface area contributed by atoms with E-state index in [9.17, 15) is 4.39 Å². The molecule has 0 aliphatic carbocycles. The topological polar surface area (TPSA) is 12.5 Å². The Bertz CT molecular complexity index is 127. The zero-order chi connectivity index (χ0) is 6.97. The summed E-state index contributed by atoms with van der Waals surface area (Å²) >= 11 is 0. The largest absolute Gasteiger partial charge is 0.378 e. The van der Waals surface area contributed by atoms with Crippen LogP contribution in [0.1, 0.15) is 6.42 Å². The monoisotopic (exact) mass is 145 g/mol. The van der Waals surface area contributed by atoms with Crippen LogP contribution >= 0.6 is 0 Å². The van der Waals surface area contributed by atoms with E-state index in [1.54, 1.807) is 0 Å². The fraction of sp³-hybridized carbons (Fsp3) is 1.00. The minimum atomic E-state index is -0.583. The number of alkyl halides is 1. The molecule has 0 aromatic heterocycles. The molecule has 3 heteroatoms. The second-order valence-electron chi connectivity index (χ2n) is 3.07. The molecule has 58 valence electrons. The van der Waals surface area contributed by atoms with Gasteiger partial charge in [-0.15, -0.1) is 0 Å². The van der Waals surface area contributed by atoms with Crippen molar-refractivity contribution in [3.63, 3.8) is 0 Å². The van der Waals surface area contributed by atoms with Gasteiger partial charge in [0, 0.05) is 13.1 Å². The molecule has 2 heterocycles. The molecule has 2 saturated heterocycles. The third kappa shape index (κ3) is 1.04. The highest BCUT2D eigenvalue weighted by Gasteiger charge is 2.31. The quantitative estimate of drug-likeness (QED) is 0.530. The molecule has 0 aromatic rings. The van der Waals surface area contributed by atoms with E-state index in [1.165, 1.54) is 0 Å². The van der Waals surface area contributed by atoms with E-state index in [4.69, 9.17) is 4.74 Å². The molecule has 0 bridgehead atoms. The lowest BCUT2D eigenvalue weighted by atomic mass is 10.2. The van der Waals surface area contributed by atoms with E-state index < -0.39 is 6.17 Å². The number of hydrogen-bond donors (Lipinski definition) is 0. The van der Waals surface area contributed by atoms with Gasteiger partial charge in [-0.05, 0) is 6.42 Å². The van der Waals surface area contributed by atoms with Gasteiger partial charge in [-0.3, -0.25) is 4.90 Å². The molecule has 2 fully saturated rings. The van der Waals surface area contributed by atoms with Crippen LogP contribution in [0.25, 0.3) is 0 Å². The van der Waals surface area contributed by atoms with Crippen LogP contribution in [0.3, 0.4) is 0 Å². The van der Waals surface area contributed by atoms with Gasteiger partial charge in [0.25, 0.3) is 0 Å². The Morgan fingerprint density at radius 2 is 2.20 bits per heavy atom. The van der Waals surface area contributed by atoms with Crippen LogP contribution in [0, 0.1) is 0 Å². The first-order valence-corrected chi connectivity index (χ1v) is 3.82. The molecular formula is C7H12FNO. The Morgan fingerprint density at radius 3 is 2.60 bits per heavy atom. The molecule has 2 aliphatic rings. The van der Waals surface area contributed by atoms with Crippen molar-refractivity contribution in [2.45, 2.75) is 18.6 Å². The summed E-state index contributed by atoms with van der Waals surface area (Å²) < 4.78 is 17.6. The number of ether oxygens (including phenoxy) is 1. The molecule has 0 spiro atoms. The van der Waals surface area contributed by atoms with Crippen molar-refractivity contribution in [3.8, 4) is 0 Å². The Balaban J connectivity index is 1.82. The number of halogens is 1. The number of likely N-dealkylation sites (tertiary alicyclic amines) is 1. The summed E-state index contributed by atoms with van der Waals surface area (Å²) in [7, 11) is 0. The molecule has 2 rings (SSSR count). The van der Waals surface area contributed by atoms with E-state index in [2.05, 4.69) is 4.90 Å². The first-order valence-electron chi connectivity index (χ1n) is 3.82. The zero-order valence-electron chi connectivity index (χ0n) is 5.92. The van der Waals surface area contributed by atoms with Gasteiger partial charge < -0.3 is 4.74 Å². The summed E-state index contributed by atoms with van der Waals surface area (Å²) in [5, 5.41) is 0. The van der Waals surface area contributed by atoms with Gasteiger partial charge in [-0.1, -0.05) is 0 Å². The lowest BCUT2D eigenvalue weighted by Crippen LogP contribution is -2.47. The highest BCUT2D eigenvalue weighted by atomic mass is 19.1. The van der Waals surface area contributed by atoms with Gasteiger partial charge in [0.1, 0.15) is 6.17 Å². The first kappa shape index (κ1) is 6.55. The van der Waals surface area contributed by atoms with Gasteiger partial charge in [0.05, 0.1) is 19.3 Å². The van der Waals surface area contributed by atoms with Gasteiger partial charge in [0.2, 0.25) is 0 Å². The Morgan fingerprint density at radius 1 is 1.40 bits per heavy atom. The van der Waals surface area contributed by atoms with Crippen LogP contribution in [0.2, 0.25) is 0 Å². The fourth-order valence-electron chi connectivity index (χ4n) is 1.51. The molecule has 1 unspecified atom stereocenters. The van der Waals surface area contributed by atoms with Crippen LogP contribution in [-0.4, -0.2) is 43.4 Å². The molecule has 0 saturated carbocycles. The molecule has 10 heavy (non-hydrogen) atoms. The van der Waals surface area contributed by atoms with Gasteiger partial charge in [-0.2, -0.15) is 0 Å². The number of hydrogen-bond acceptors (Lipinski definition) is 2. The predicted molar refractivity (Wildman–Crippen MR) is 35.7 cm³/mol. The van der Waals surface area contributed by atoms with Crippen LogP contribution in [-0.2, 0) is 4.74 Å². The molecule has 0 aromatic carbocycles. The summed E-state index contributed by atoms with van der Waals surface area (Å²) in [5.41, 5.74) is 0. The number of nitrogens with zero attached hydrogens (tertiary/aromatic N) is 1. The summed E-state index contributed by atoms with van der Waals surface area (Å²) in [6.45, 7) is 3.18. The first-order chi connectivity index (χ1) is 4.86. The van der Waals surface area contributed by atoms with Crippen molar-refractivity contribution in [2.24, 2.45) is 0 Å². The smallest absolute Gasteiger partial charge is 0.114 e. The minimum absolute atomic E-state index is 0.528. The summed E-state index contributed by atoms with van der Waals surface area (Å²) in [4.78, 5) is 2.19. The van der Waals surface area contributed by atoms with E-state index in [1.807, 2.05) is 0 Å². The van der Waals surface area contributed by atoms with Gasteiger partial charge >= 0.3 is 0 Å². The molecule has 2 aliphatic heterocycles. The summed E-state index contributed by atoms with van der Waals surface area (Å²) in [6, 6.07) is 0.528.